The lowest BCUT2D eigenvalue weighted by Crippen LogP contribution is -2.35. The van der Waals surface area contributed by atoms with Crippen LogP contribution >= 0.6 is 0 Å². The largest absolute Gasteiger partial charge is 0.508 e. The Morgan fingerprint density at radius 1 is 1.15 bits per heavy atom. The van der Waals surface area contributed by atoms with Crippen molar-refractivity contribution in [1.29, 1.82) is 0 Å². The summed E-state index contributed by atoms with van der Waals surface area (Å²) < 4.78 is 4.88. The summed E-state index contributed by atoms with van der Waals surface area (Å²) in [5.74, 6) is -0.978. The van der Waals surface area contributed by atoms with E-state index in [4.69, 9.17) is 4.74 Å². The number of phenols is 1. The Bertz CT molecular complexity index is 960. The van der Waals surface area contributed by atoms with Crippen LogP contribution in [0.4, 0.5) is 0 Å². The van der Waals surface area contributed by atoms with E-state index in [1.54, 1.807) is 24.3 Å². The van der Waals surface area contributed by atoms with Gasteiger partial charge in [0.05, 0.1) is 18.6 Å². The molecule has 0 spiro atoms. The molecule has 0 bridgehead atoms. The molecule has 0 fully saturated rings. The van der Waals surface area contributed by atoms with Crippen LogP contribution in [-0.4, -0.2) is 35.6 Å². The minimum atomic E-state index is -0.519. The van der Waals surface area contributed by atoms with Crippen molar-refractivity contribution in [2.45, 2.75) is 13.3 Å². The standard InChI is InChI=1S/C21H22N2O4/c1-13-19(17-5-3-4-6-18(17)23-13)20(25)22-12-15(21(26)27-2)11-14-7-9-16(24)10-8-14/h3-10,15,23-24H,11-12H2,1-2H3,(H,22,25). The molecule has 0 saturated carbocycles. The molecule has 0 saturated heterocycles. The van der Waals surface area contributed by atoms with Gasteiger partial charge in [0.1, 0.15) is 5.75 Å². The van der Waals surface area contributed by atoms with E-state index in [0.717, 1.165) is 22.2 Å². The molecule has 1 aromatic heterocycles. The number of H-pyrrole nitrogens is 1. The van der Waals surface area contributed by atoms with Crippen LogP contribution in [0.25, 0.3) is 10.9 Å². The second-order valence-electron chi connectivity index (χ2n) is 6.47. The van der Waals surface area contributed by atoms with Crippen molar-refractivity contribution in [3.05, 3.63) is 65.4 Å². The number of aromatic amines is 1. The van der Waals surface area contributed by atoms with Crippen molar-refractivity contribution < 1.29 is 19.4 Å². The molecule has 1 heterocycles. The van der Waals surface area contributed by atoms with Crippen molar-refractivity contribution in [3.8, 4) is 5.75 Å². The van der Waals surface area contributed by atoms with Crippen LogP contribution in [0.2, 0.25) is 0 Å². The number of ether oxygens (including phenoxy) is 1. The Morgan fingerprint density at radius 3 is 2.56 bits per heavy atom. The molecule has 0 radical (unpaired) electrons. The van der Waals surface area contributed by atoms with Crippen molar-refractivity contribution in [2.24, 2.45) is 5.92 Å². The Labute approximate surface area is 157 Å². The first kappa shape index (κ1) is 18.5. The molecule has 2 aromatic carbocycles. The SMILES string of the molecule is COC(=O)C(CNC(=O)c1c(C)[nH]c2ccccc12)Cc1ccc(O)cc1. The molecule has 3 aromatic rings. The molecule has 6 heteroatoms. The maximum atomic E-state index is 12.7. The number of aromatic hydroxyl groups is 1. The predicted molar refractivity (Wildman–Crippen MR) is 103 cm³/mol. The van der Waals surface area contributed by atoms with Gasteiger partial charge in [-0.05, 0) is 37.1 Å². The van der Waals surface area contributed by atoms with E-state index in [1.165, 1.54) is 7.11 Å². The molecule has 0 aliphatic carbocycles. The highest BCUT2D eigenvalue weighted by molar-refractivity contribution is 6.08. The number of phenolic OH excluding ortho intramolecular Hbond substituents is 1. The number of amides is 1. The molecule has 1 atom stereocenters. The van der Waals surface area contributed by atoms with Gasteiger partial charge in [0.25, 0.3) is 5.91 Å². The number of methoxy groups -OCH3 is 1. The molecule has 3 N–H and O–H groups in total. The van der Waals surface area contributed by atoms with Gasteiger partial charge in [0, 0.05) is 23.1 Å². The second kappa shape index (κ2) is 7.95. The number of hydrogen-bond acceptors (Lipinski definition) is 4. The zero-order valence-electron chi connectivity index (χ0n) is 15.3. The molecule has 6 nitrogen and oxygen atoms in total. The van der Waals surface area contributed by atoms with Crippen molar-refractivity contribution in [3.63, 3.8) is 0 Å². The highest BCUT2D eigenvalue weighted by atomic mass is 16.5. The fourth-order valence-corrected chi connectivity index (χ4v) is 3.20. The highest BCUT2D eigenvalue weighted by Gasteiger charge is 2.22. The van der Waals surface area contributed by atoms with E-state index >= 15 is 0 Å². The number of fused-ring (bicyclic) bond motifs is 1. The number of benzene rings is 2. The van der Waals surface area contributed by atoms with Crippen LogP contribution in [0, 0.1) is 12.8 Å². The van der Waals surface area contributed by atoms with Gasteiger partial charge >= 0.3 is 5.97 Å². The maximum absolute atomic E-state index is 12.7. The third-order valence-corrected chi connectivity index (χ3v) is 4.58. The van der Waals surface area contributed by atoms with Gasteiger partial charge in [0.15, 0.2) is 0 Å². The lowest BCUT2D eigenvalue weighted by molar-refractivity contribution is -0.145. The molecule has 1 amide bonds. The van der Waals surface area contributed by atoms with Crippen LogP contribution < -0.4 is 5.32 Å². The smallest absolute Gasteiger partial charge is 0.310 e. The van der Waals surface area contributed by atoms with Crippen molar-refractivity contribution >= 4 is 22.8 Å². The summed E-state index contributed by atoms with van der Waals surface area (Å²) in [5.41, 5.74) is 3.13. The summed E-state index contributed by atoms with van der Waals surface area (Å²) in [6, 6.07) is 14.2. The quantitative estimate of drug-likeness (QED) is 0.585. The average Bonchev–Trinajstić information content (AvgIpc) is 3.01. The first-order valence-corrected chi connectivity index (χ1v) is 8.71. The summed E-state index contributed by atoms with van der Waals surface area (Å²) >= 11 is 0. The minimum Gasteiger partial charge on any atom is -0.508 e. The highest BCUT2D eigenvalue weighted by Crippen LogP contribution is 2.22. The fourth-order valence-electron chi connectivity index (χ4n) is 3.20. The Morgan fingerprint density at radius 2 is 1.85 bits per heavy atom. The van der Waals surface area contributed by atoms with Gasteiger partial charge in [-0.1, -0.05) is 30.3 Å². The Hall–Kier alpha value is -3.28. The minimum absolute atomic E-state index is 0.158. The molecule has 0 aliphatic heterocycles. The van der Waals surface area contributed by atoms with E-state index in [2.05, 4.69) is 10.3 Å². The van der Waals surface area contributed by atoms with Crippen molar-refractivity contribution in [2.75, 3.05) is 13.7 Å². The summed E-state index contributed by atoms with van der Waals surface area (Å²) in [6.45, 7) is 2.01. The molecule has 3 rings (SSSR count). The van der Waals surface area contributed by atoms with Crippen LogP contribution in [-0.2, 0) is 16.0 Å². The first-order chi connectivity index (χ1) is 13.0. The van der Waals surface area contributed by atoms with E-state index < -0.39 is 5.92 Å². The summed E-state index contributed by atoms with van der Waals surface area (Å²) in [6.07, 6.45) is 0.403. The number of esters is 1. The molecule has 140 valence electrons. The van der Waals surface area contributed by atoms with Gasteiger partial charge < -0.3 is 20.1 Å². The molecular formula is C21H22N2O4. The van der Waals surface area contributed by atoms with E-state index in [-0.39, 0.29) is 24.2 Å². The number of aryl methyl sites for hydroxylation is 1. The number of aromatic nitrogens is 1. The maximum Gasteiger partial charge on any atom is 0.310 e. The number of para-hydroxylation sites is 1. The summed E-state index contributed by atoms with van der Waals surface area (Å²) in [4.78, 5) is 28.1. The van der Waals surface area contributed by atoms with Crippen LogP contribution in [0.5, 0.6) is 5.75 Å². The zero-order valence-corrected chi connectivity index (χ0v) is 15.3. The fraction of sp³-hybridized carbons (Fsp3) is 0.238. The van der Waals surface area contributed by atoms with Gasteiger partial charge in [-0.2, -0.15) is 0 Å². The lowest BCUT2D eigenvalue weighted by Gasteiger charge is -2.16. The normalized spacial score (nSPS) is 11.9. The van der Waals surface area contributed by atoms with Crippen LogP contribution in [0.15, 0.2) is 48.5 Å². The first-order valence-electron chi connectivity index (χ1n) is 8.71. The number of nitrogens with one attached hydrogen (secondary N) is 2. The van der Waals surface area contributed by atoms with Crippen LogP contribution in [0.3, 0.4) is 0 Å². The topological polar surface area (TPSA) is 91.4 Å². The van der Waals surface area contributed by atoms with Gasteiger partial charge in [-0.15, -0.1) is 0 Å². The number of hydrogen-bond donors (Lipinski definition) is 3. The van der Waals surface area contributed by atoms with E-state index in [0.29, 0.717) is 12.0 Å². The average molecular weight is 366 g/mol. The Balaban J connectivity index is 1.74. The number of carbonyl (C=O) groups is 2. The predicted octanol–water partition coefficient (Wildman–Crippen LogP) is 2.94. The number of rotatable bonds is 6. The number of carbonyl (C=O) groups excluding carboxylic acids is 2. The third-order valence-electron chi connectivity index (χ3n) is 4.58. The molecule has 27 heavy (non-hydrogen) atoms. The zero-order chi connectivity index (χ0) is 19.4. The molecular weight excluding hydrogens is 344 g/mol. The van der Waals surface area contributed by atoms with Crippen LogP contribution in [0.1, 0.15) is 21.6 Å². The monoisotopic (exact) mass is 366 g/mol. The summed E-state index contributed by atoms with van der Waals surface area (Å²) in [7, 11) is 1.33. The molecule has 1 unspecified atom stereocenters. The van der Waals surface area contributed by atoms with E-state index in [9.17, 15) is 14.7 Å². The van der Waals surface area contributed by atoms with E-state index in [1.807, 2.05) is 31.2 Å². The third kappa shape index (κ3) is 4.11. The van der Waals surface area contributed by atoms with Gasteiger partial charge in [-0.25, -0.2) is 0 Å². The second-order valence-corrected chi connectivity index (χ2v) is 6.47. The van der Waals surface area contributed by atoms with Gasteiger partial charge in [-0.3, -0.25) is 9.59 Å². The van der Waals surface area contributed by atoms with Gasteiger partial charge in [0.2, 0.25) is 0 Å². The summed E-state index contributed by atoms with van der Waals surface area (Å²) in [5, 5.41) is 13.1. The van der Waals surface area contributed by atoms with Crippen molar-refractivity contribution in [1.82, 2.24) is 10.3 Å². The Kier molecular flexibility index (Phi) is 5.45. The lowest BCUT2D eigenvalue weighted by atomic mass is 9.99. The molecule has 0 aliphatic rings.